The third-order valence-electron chi connectivity index (χ3n) is 4.82. The van der Waals surface area contributed by atoms with Crippen molar-refractivity contribution in [2.24, 2.45) is 0 Å². The van der Waals surface area contributed by atoms with Gasteiger partial charge in [-0.15, -0.1) is 0 Å². The predicted octanol–water partition coefficient (Wildman–Crippen LogP) is 2.85. The van der Waals surface area contributed by atoms with Crippen LogP contribution in [0.4, 0.5) is 0 Å². The van der Waals surface area contributed by atoms with Crippen LogP contribution in [0.5, 0.6) is 11.5 Å². The van der Waals surface area contributed by atoms with Crippen molar-refractivity contribution in [1.29, 1.82) is 0 Å². The molecule has 1 aliphatic heterocycles. The Morgan fingerprint density at radius 3 is 2.52 bits per heavy atom. The Morgan fingerprint density at radius 2 is 1.84 bits per heavy atom. The van der Waals surface area contributed by atoms with E-state index in [-0.39, 0.29) is 0 Å². The van der Waals surface area contributed by atoms with Gasteiger partial charge < -0.3 is 14.8 Å². The number of benzene rings is 1. The lowest BCUT2D eigenvalue weighted by atomic mass is 10.0. The van der Waals surface area contributed by atoms with E-state index in [1.54, 1.807) is 14.2 Å². The smallest absolute Gasteiger partial charge is 0.127 e. The summed E-state index contributed by atoms with van der Waals surface area (Å²) in [5.74, 6) is 1.70. The zero-order valence-electron chi connectivity index (χ0n) is 15.1. The molecule has 0 spiro atoms. The van der Waals surface area contributed by atoms with Gasteiger partial charge in [0.25, 0.3) is 0 Å². The molecule has 2 heterocycles. The minimum Gasteiger partial charge on any atom is -0.497 e. The number of ether oxygens (including phenoxy) is 2. The van der Waals surface area contributed by atoms with E-state index in [4.69, 9.17) is 9.47 Å². The van der Waals surface area contributed by atoms with Gasteiger partial charge in [-0.3, -0.25) is 9.88 Å². The first-order valence-electron chi connectivity index (χ1n) is 8.84. The van der Waals surface area contributed by atoms with Crippen molar-refractivity contribution in [1.82, 2.24) is 15.2 Å². The molecule has 3 rings (SSSR count). The van der Waals surface area contributed by atoms with Crippen LogP contribution in [-0.2, 0) is 13.1 Å². The quantitative estimate of drug-likeness (QED) is 0.839. The number of piperidine rings is 1. The molecule has 5 nitrogen and oxygen atoms in total. The van der Waals surface area contributed by atoms with Gasteiger partial charge in [-0.25, -0.2) is 0 Å². The molecule has 0 saturated carbocycles. The molecule has 1 N–H and O–H groups in total. The number of likely N-dealkylation sites (tertiary alicyclic amines) is 1. The largest absolute Gasteiger partial charge is 0.497 e. The molecule has 134 valence electrons. The number of nitrogens with one attached hydrogen (secondary N) is 1. The van der Waals surface area contributed by atoms with Crippen LogP contribution in [0.1, 0.15) is 24.0 Å². The fourth-order valence-corrected chi connectivity index (χ4v) is 3.29. The number of hydrogen-bond acceptors (Lipinski definition) is 5. The maximum atomic E-state index is 5.48. The van der Waals surface area contributed by atoms with Crippen molar-refractivity contribution in [2.75, 3.05) is 27.3 Å². The maximum absolute atomic E-state index is 5.48. The molecule has 0 bridgehead atoms. The summed E-state index contributed by atoms with van der Waals surface area (Å²) in [6.07, 6.45) is 6.07. The fourth-order valence-electron chi connectivity index (χ4n) is 3.29. The Kier molecular flexibility index (Phi) is 6.25. The molecular formula is C20H27N3O2. The van der Waals surface area contributed by atoms with E-state index in [9.17, 15) is 0 Å². The number of pyridine rings is 1. The minimum absolute atomic E-state index is 0.556. The van der Waals surface area contributed by atoms with Gasteiger partial charge in [0.05, 0.1) is 14.2 Å². The molecule has 0 radical (unpaired) electrons. The second-order valence-corrected chi connectivity index (χ2v) is 6.46. The normalized spacial score (nSPS) is 15.9. The molecule has 1 fully saturated rings. The highest BCUT2D eigenvalue weighted by molar-refractivity contribution is 5.40. The van der Waals surface area contributed by atoms with Crippen molar-refractivity contribution >= 4 is 0 Å². The topological polar surface area (TPSA) is 46.6 Å². The highest BCUT2D eigenvalue weighted by Crippen LogP contribution is 2.25. The summed E-state index contributed by atoms with van der Waals surface area (Å²) in [7, 11) is 3.38. The van der Waals surface area contributed by atoms with Crippen LogP contribution < -0.4 is 14.8 Å². The standard InChI is InChI=1S/C20H27N3O2/c1-24-19-4-3-17(20(13-19)25-2)14-22-18-7-11-23(12-8-18)15-16-5-9-21-10-6-16/h3-6,9-10,13,18,22H,7-8,11-12,14-15H2,1-2H3. The third-order valence-corrected chi connectivity index (χ3v) is 4.82. The number of rotatable bonds is 7. The summed E-state index contributed by atoms with van der Waals surface area (Å²) in [4.78, 5) is 6.60. The van der Waals surface area contributed by atoms with Crippen molar-refractivity contribution in [3.63, 3.8) is 0 Å². The molecule has 1 aliphatic rings. The molecule has 0 atom stereocenters. The van der Waals surface area contributed by atoms with Gasteiger partial charge in [-0.05, 0) is 49.7 Å². The molecule has 0 unspecified atom stereocenters. The highest BCUT2D eigenvalue weighted by Gasteiger charge is 2.19. The summed E-state index contributed by atoms with van der Waals surface area (Å²) in [5.41, 5.74) is 2.51. The van der Waals surface area contributed by atoms with Crippen molar-refractivity contribution in [3.8, 4) is 11.5 Å². The zero-order valence-corrected chi connectivity index (χ0v) is 15.1. The Bertz CT molecular complexity index is 655. The highest BCUT2D eigenvalue weighted by atomic mass is 16.5. The molecule has 1 saturated heterocycles. The lowest BCUT2D eigenvalue weighted by Gasteiger charge is -2.32. The van der Waals surface area contributed by atoms with Gasteiger partial charge in [-0.1, -0.05) is 6.07 Å². The van der Waals surface area contributed by atoms with Crippen LogP contribution in [0.3, 0.4) is 0 Å². The van der Waals surface area contributed by atoms with E-state index in [1.165, 1.54) is 24.0 Å². The summed E-state index contributed by atoms with van der Waals surface area (Å²) >= 11 is 0. The summed E-state index contributed by atoms with van der Waals surface area (Å²) in [6, 6.07) is 10.7. The van der Waals surface area contributed by atoms with E-state index in [0.717, 1.165) is 37.7 Å². The number of hydrogen-bond donors (Lipinski definition) is 1. The second-order valence-electron chi connectivity index (χ2n) is 6.46. The predicted molar refractivity (Wildman–Crippen MR) is 98.9 cm³/mol. The van der Waals surface area contributed by atoms with E-state index in [0.29, 0.717) is 6.04 Å². The third kappa shape index (κ3) is 4.94. The Hall–Kier alpha value is -2.11. The first-order valence-corrected chi connectivity index (χ1v) is 8.84. The number of methoxy groups -OCH3 is 2. The van der Waals surface area contributed by atoms with Gasteiger partial charge >= 0.3 is 0 Å². The molecule has 1 aromatic heterocycles. The number of nitrogens with zero attached hydrogens (tertiary/aromatic N) is 2. The van der Waals surface area contributed by atoms with Crippen LogP contribution in [0.2, 0.25) is 0 Å². The molecule has 5 heteroatoms. The van der Waals surface area contributed by atoms with Crippen molar-refractivity contribution in [3.05, 3.63) is 53.9 Å². The van der Waals surface area contributed by atoms with Gasteiger partial charge in [-0.2, -0.15) is 0 Å². The molecule has 0 aliphatic carbocycles. The van der Waals surface area contributed by atoms with Gasteiger partial charge in [0, 0.05) is 43.2 Å². The summed E-state index contributed by atoms with van der Waals surface area (Å²) < 4.78 is 10.7. The molecular weight excluding hydrogens is 314 g/mol. The van der Waals surface area contributed by atoms with Gasteiger partial charge in [0.2, 0.25) is 0 Å². The average molecular weight is 341 g/mol. The van der Waals surface area contributed by atoms with E-state index in [2.05, 4.69) is 33.4 Å². The SMILES string of the molecule is COc1ccc(CNC2CCN(Cc3ccncc3)CC2)c(OC)c1. The Morgan fingerprint density at radius 1 is 1.08 bits per heavy atom. The van der Waals surface area contributed by atoms with Gasteiger partial charge in [0.1, 0.15) is 11.5 Å². The van der Waals surface area contributed by atoms with Crippen molar-refractivity contribution in [2.45, 2.75) is 32.0 Å². The molecule has 0 amide bonds. The molecule has 25 heavy (non-hydrogen) atoms. The van der Waals surface area contributed by atoms with E-state index >= 15 is 0 Å². The van der Waals surface area contributed by atoms with E-state index in [1.807, 2.05) is 24.5 Å². The minimum atomic E-state index is 0.556. The van der Waals surface area contributed by atoms with Crippen LogP contribution in [-0.4, -0.2) is 43.2 Å². The first kappa shape index (κ1) is 17.7. The Balaban J connectivity index is 1.46. The van der Waals surface area contributed by atoms with Crippen LogP contribution in [0.25, 0.3) is 0 Å². The number of aromatic nitrogens is 1. The monoisotopic (exact) mass is 341 g/mol. The van der Waals surface area contributed by atoms with Crippen LogP contribution >= 0.6 is 0 Å². The average Bonchev–Trinajstić information content (AvgIpc) is 2.68. The molecule has 1 aromatic carbocycles. The fraction of sp³-hybridized carbons (Fsp3) is 0.450. The second kappa shape index (κ2) is 8.83. The van der Waals surface area contributed by atoms with Crippen molar-refractivity contribution < 1.29 is 9.47 Å². The zero-order chi connectivity index (χ0) is 17.5. The van der Waals surface area contributed by atoms with Crippen LogP contribution in [0, 0.1) is 0 Å². The van der Waals surface area contributed by atoms with Gasteiger partial charge in [0.15, 0.2) is 0 Å². The maximum Gasteiger partial charge on any atom is 0.127 e. The van der Waals surface area contributed by atoms with E-state index < -0.39 is 0 Å². The van der Waals surface area contributed by atoms with Crippen LogP contribution in [0.15, 0.2) is 42.7 Å². The summed E-state index contributed by atoms with van der Waals surface area (Å²) in [6.45, 7) is 4.09. The Labute approximate surface area is 150 Å². The lowest BCUT2D eigenvalue weighted by molar-refractivity contribution is 0.190. The summed E-state index contributed by atoms with van der Waals surface area (Å²) in [5, 5.41) is 3.68. The molecule has 2 aromatic rings. The lowest BCUT2D eigenvalue weighted by Crippen LogP contribution is -2.41. The first-order chi connectivity index (χ1) is 12.3.